The van der Waals surface area contributed by atoms with Gasteiger partial charge in [0.05, 0.1) is 6.61 Å². The van der Waals surface area contributed by atoms with Gasteiger partial charge in [0, 0.05) is 12.8 Å². The SMILES string of the molecule is CCOC(=O)CCCC(=O)OC(C)(CC)CC. The van der Waals surface area contributed by atoms with E-state index in [9.17, 15) is 9.59 Å². The lowest BCUT2D eigenvalue weighted by atomic mass is 10.00. The van der Waals surface area contributed by atoms with Crippen LogP contribution in [0.25, 0.3) is 0 Å². The molecular weight excluding hydrogens is 220 g/mol. The molecule has 0 amide bonds. The van der Waals surface area contributed by atoms with Gasteiger partial charge in [-0.3, -0.25) is 9.59 Å². The number of ether oxygens (including phenoxy) is 2. The Morgan fingerprint density at radius 3 is 2.00 bits per heavy atom. The third-order valence-corrected chi connectivity index (χ3v) is 2.92. The fourth-order valence-electron chi connectivity index (χ4n) is 1.33. The molecule has 0 fully saturated rings. The smallest absolute Gasteiger partial charge is 0.306 e. The Balaban J connectivity index is 3.84. The summed E-state index contributed by atoms with van der Waals surface area (Å²) < 4.78 is 10.2. The second-order valence-corrected chi connectivity index (χ2v) is 4.29. The molecule has 0 rings (SSSR count). The van der Waals surface area contributed by atoms with Crippen LogP contribution in [0.4, 0.5) is 0 Å². The molecule has 0 heterocycles. The molecule has 0 saturated heterocycles. The molecule has 0 unspecified atom stereocenters. The lowest BCUT2D eigenvalue weighted by Crippen LogP contribution is -2.30. The zero-order chi connectivity index (χ0) is 13.3. The molecule has 0 atom stereocenters. The standard InChI is InChI=1S/C13H24O4/c1-5-13(4,6-2)17-12(15)10-8-9-11(14)16-7-3/h5-10H2,1-4H3. The molecule has 0 aliphatic carbocycles. The van der Waals surface area contributed by atoms with Crippen molar-refractivity contribution in [2.75, 3.05) is 6.61 Å². The molecule has 4 heteroatoms. The maximum atomic E-state index is 11.5. The molecule has 0 aliphatic heterocycles. The first-order valence-corrected chi connectivity index (χ1v) is 6.34. The molecular formula is C13H24O4. The van der Waals surface area contributed by atoms with E-state index in [0.717, 1.165) is 12.8 Å². The molecule has 0 saturated carbocycles. The summed E-state index contributed by atoms with van der Waals surface area (Å²) in [4.78, 5) is 22.6. The predicted octanol–water partition coefficient (Wildman–Crippen LogP) is 2.84. The van der Waals surface area contributed by atoms with Crippen molar-refractivity contribution in [1.82, 2.24) is 0 Å². The van der Waals surface area contributed by atoms with Gasteiger partial charge in [-0.25, -0.2) is 0 Å². The Bertz CT molecular complexity index is 244. The monoisotopic (exact) mass is 244 g/mol. The van der Waals surface area contributed by atoms with Gasteiger partial charge in [-0.15, -0.1) is 0 Å². The number of carbonyl (C=O) groups excluding carboxylic acids is 2. The summed E-state index contributed by atoms with van der Waals surface area (Å²) in [6.07, 6.45) is 2.63. The summed E-state index contributed by atoms with van der Waals surface area (Å²) in [7, 11) is 0. The summed E-state index contributed by atoms with van der Waals surface area (Å²) in [6.45, 7) is 8.06. The first-order chi connectivity index (χ1) is 7.97. The normalized spacial score (nSPS) is 11.1. The average molecular weight is 244 g/mol. The van der Waals surface area contributed by atoms with Crippen molar-refractivity contribution < 1.29 is 19.1 Å². The van der Waals surface area contributed by atoms with Crippen molar-refractivity contribution >= 4 is 11.9 Å². The van der Waals surface area contributed by atoms with Crippen LogP contribution in [0.3, 0.4) is 0 Å². The maximum Gasteiger partial charge on any atom is 0.306 e. The fraction of sp³-hybridized carbons (Fsp3) is 0.846. The van der Waals surface area contributed by atoms with Crippen LogP contribution in [-0.2, 0) is 19.1 Å². The highest BCUT2D eigenvalue weighted by Crippen LogP contribution is 2.20. The van der Waals surface area contributed by atoms with Crippen molar-refractivity contribution in [2.45, 2.75) is 65.4 Å². The number of carbonyl (C=O) groups is 2. The van der Waals surface area contributed by atoms with Crippen molar-refractivity contribution in [3.63, 3.8) is 0 Å². The average Bonchev–Trinajstić information content (AvgIpc) is 2.29. The van der Waals surface area contributed by atoms with Crippen LogP contribution >= 0.6 is 0 Å². The molecule has 100 valence electrons. The lowest BCUT2D eigenvalue weighted by Gasteiger charge is -2.26. The predicted molar refractivity (Wildman–Crippen MR) is 65.6 cm³/mol. The van der Waals surface area contributed by atoms with Crippen LogP contribution in [-0.4, -0.2) is 24.1 Å². The molecule has 0 aliphatic rings. The van der Waals surface area contributed by atoms with Gasteiger partial charge in [-0.2, -0.15) is 0 Å². The minimum Gasteiger partial charge on any atom is -0.466 e. The third-order valence-electron chi connectivity index (χ3n) is 2.92. The van der Waals surface area contributed by atoms with Gasteiger partial charge in [-0.05, 0) is 33.1 Å². The van der Waals surface area contributed by atoms with Crippen LogP contribution in [0, 0.1) is 0 Å². The van der Waals surface area contributed by atoms with E-state index in [2.05, 4.69) is 0 Å². The molecule has 0 aromatic heterocycles. The van der Waals surface area contributed by atoms with Gasteiger partial charge in [-0.1, -0.05) is 13.8 Å². The van der Waals surface area contributed by atoms with E-state index in [0.29, 0.717) is 13.0 Å². The largest absolute Gasteiger partial charge is 0.466 e. The third kappa shape index (κ3) is 6.97. The minimum absolute atomic E-state index is 0.236. The van der Waals surface area contributed by atoms with E-state index in [1.165, 1.54) is 0 Å². The van der Waals surface area contributed by atoms with E-state index in [-0.39, 0.29) is 30.4 Å². The van der Waals surface area contributed by atoms with Gasteiger partial charge in [0.15, 0.2) is 0 Å². The van der Waals surface area contributed by atoms with Crippen molar-refractivity contribution in [1.29, 1.82) is 0 Å². The summed E-state index contributed by atoms with van der Waals surface area (Å²) in [5, 5.41) is 0. The number of hydrogen-bond donors (Lipinski definition) is 0. The highest BCUT2D eigenvalue weighted by Gasteiger charge is 2.24. The van der Waals surface area contributed by atoms with Gasteiger partial charge >= 0.3 is 11.9 Å². The summed E-state index contributed by atoms with van der Waals surface area (Å²) >= 11 is 0. The van der Waals surface area contributed by atoms with Crippen molar-refractivity contribution in [2.24, 2.45) is 0 Å². The molecule has 0 aromatic carbocycles. The van der Waals surface area contributed by atoms with Crippen LogP contribution in [0.5, 0.6) is 0 Å². The Kier molecular flexibility index (Phi) is 7.59. The van der Waals surface area contributed by atoms with Crippen LogP contribution < -0.4 is 0 Å². The highest BCUT2D eigenvalue weighted by molar-refractivity contribution is 5.72. The molecule has 4 nitrogen and oxygen atoms in total. The lowest BCUT2D eigenvalue weighted by molar-refractivity contribution is -0.159. The Morgan fingerprint density at radius 1 is 1.00 bits per heavy atom. The zero-order valence-corrected chi connectivity index (χ0v) is 11.4. The van der Waals surface area contributed by atoms with E-state index in [1.807, 2.05) is 20.8 Å². The second kappa shape index (κ2) is 8.09. The highest BCUT2D eigenvalue weighted by atomic mass is 16.6. The van der Waals surface area contributed by atoms with Gasteiger partial charge < -0.3 is 9.47 Å². The molecule has 0 spiro atoms. The fourth-order valence-corrected chi connectivity index (χ4v) is 1.33. The van der Waals surface area contributed by atoms with Gasteiger partial charge in [0.2, 0.25) is 0 Å². The van der Waals surface area contributed by atoms with Crippen molar-refractivity contribution in [3.8, 4) is 0 Å². The van der Waals surface area contributed by atoms with E-state index in [4.69, 9.17) is 9.47 Å². The number of esters is 2. The maximum absolute atomic E-state index is 11.5. The molecule has 0 bridgehead atoms. The molecule has 0 radical (unpaired) electrons. The quantitative estimate of drug-likeness (QED) is 0.616. The molecule has 0 aromatic rings. The molecule has 0 N–H and O–H groups in total. The van der Waals surface area contributed by atoms with E-state index >= 15 is 0 Å². The van der Waals surface area contributed by atoms with Crippen LogP contribution in [0.2, 0.25) is 0 Å². The first-order valence-electron chi connectivity index (χ1n) is 6.34. The van der Waals surface area contributed by atoms with Gasteiger partial charge in [0.25, 0.3) is 0 Å². The van der Waals surface area contributed by atoms with Gasteiger partial charge in [0.1, 0.15) is 5.60 Å². The summed E-state index contributed by atoms with van der Waals surface area (Å²) in [5.41, 5.74) is -0.374. The van der Waals surface area contributed by atoms with Crippen LogP contribution in [0.1, 0.15) is 59.8 Å². The Hall–Kier alpha value is -1.06. The van der Waals surface area contributed by atoms with E-state index < -0.39 is 0 Å². The zero-order valence-electron chi connectivity index (χ0n) is 11.4. The number of rotatable bonds is 8. The second-order valence-electron chi connectivity index (χ2n) is 4.29. The summed E-state index contributed by atoms with van der Waals surface area (Å²) in [5.74, 6) is -0.491. The van der Waals surface area contributed by atoms with Crippen molar-refractivity contribution in [3.05, 3.63) is 0 Å². The van der Waals surface area contributed by atoms with Crippen LogP contribution in [0.15, 0.2) is 0 Å². The Labute approximate surface area is 104 Å². The number of hydrogen-bond acceptors (Lipinski definition) is 4. The first kappa shape index (κ1) is 15.9. The van der Waals surface area contributed by atoms with E-state index in [1.54, 1.807) is 6.92 Å². The minimum atomic E-state index is -0.374. The topological polar surface area (TPSA) is 52.6 Å². The summed E-state index contributed by atoms with van der Waals surface area (Å²) in [6, 6.07) is 0. The Morgan fingerprint density at radius 2 is 1.53 bits per heavy atom. The molecule has 17 heavy (non-hydrogen) atoms.